The molecule has 0 aromatic carbocycles. The van der Waals surface area contributed by atoms with Crippen LogP contribution >= 0.6 is 11.6 Å². The van der Waals surface area contributed by atoms with Crippen molar-refractivity contribution in [3.8, 4) is 0 Å². The lowest BCUT2D eigenvalue weighted by Gasteiger charge is -2.40. The van der Waals surface area contributed by atoms with Crippen molar-refractivity contribution in [3.63, 3.8) is 0 Å². The molecule has 1 heterocycles. The summed E-state index contributed by atoms with van der Waals surface area (Å²) < 4.78 is 4.89. The highest BCUT2D eigenvalue weighted by molar-refractivity contribution is 6.64. The van der Waals surface area contributed by atoms with Crippen molar-refractivity contribution >= 4 is 16.8 Å². The maximum absolute atomic E-state index is 10.7. The summed E-state index contributed by atoms with van der Waals surface area (Å²) in [6, 6.07) is 0. The Morgan fingerprint density at radius 1 is 1.25 bits per heavy atom. The van der Waals surface area contributed by atoms with Gasteiger partial charge in [0.15, 0.2) is 6.10 Å². The molecule has 0 aliphatic carbocycles. The standard InChI is InChI=1S/C8H13ClO7/c9-8(15)6(14)7-5(13)4(12)3(11)2(1-10)16-7/h2-7,10-14H,1H2/t2-,3+,4+,5-,6?,7?/m1/s1. The lowest BCUT2D eigenvalue weighted by atomic mass is 9.93. The van der Waals surface area contributed by atoms with Gasteiger partial charge in [0.25, 0.3) is 5.24 Å². The smallest absolute Gasteiger partial charge is 0.253 e. The minimum Gasteiger partial charge on any atom is -0.394 e. The Morgan fingerprint density at radius 3 is 2.25 bits per heavy atom. The van der Waals surface area contributed by atoms with E-state index < -0.39 is 48.5 Å². The average Bonchev–Trinajstić information content (AvgIpc) is 2.25. The Hall–Kier alpha value is -0.280. The molecular weight excluding hydrogens is 244 g/mol. The van der Waals surface area contributed by atoms with E-state index in [-0.39, 0.29) is 0 Å². The molecule has 1 saturated heterocycles. The maximum atomic E-state index is 10.7. The van der Waals surface area contributed by atoms with Crippen LogP contribution in [-0.2, 0) is 9.53 Å². The highest BCUT2D eigenvalue weighted by atomic mass is 35.5. The summed E-state index contributed by atoms with van der Waals surface area (Å²) in [4.78, 5) is 10.7. The number of aliphatic hydroxyl groups excluding tert-OH is 5. The van der Waals surface area contributed by atoms with Gasteiger partial charge in [-0.25, -0.2) is 0 Å². The summed E-state index contributed by atoms with van der Waals surface area (Å²) >= 11 is 5.02. The van der Waals surface area contributed by atoms with Gasteiger partial charge in [-0.05, 0) is 11.6 Å². The minimum absolute atomic E-state index is 0.634. The first-order valence-corrected chi connectivity index (χ1v) is 4.96. The van der Waals surface area contributed by atoms with Crippen molar-refractivity contribution in [2.45, 2.75) is 36.6 Å². The monoisotopic (exact) mass is 256 g/mol. The molecule has 0 radical (unpaired) electrons. The van der Waals surface area contributed by atoms with E-state index in [1.165, 1.54) is 0 Å². The average molecular weight is 257 g/mol. The third-order valence-electron chi connectivity index (χ3n) is 2.47. The molecule has 0 amide bonds. The second-order valence-corrected chi connectivity index (χ2v) is 3.91. The number of carbonyl (C=O) groups is 1. The molecule has 0 aromatic rings. The van der Waals surface area contributed by atoms with Crippen LogP contribution < -0.4 is 0 Å². The van der Waals surface area contributed by atoms with E-state index in [0.29, 0.717) is 0 Å². The van der Waals surface area contributed by atoms with Gasteiger partial charge in [0.1, 0.15) is 30.5 Å². The topological polar surface area (TPSA) is 127 Å². The first-order valence-electron chi connectivity index (χ1n) is 4.58. The SMILES string of the molecule is O=C(Cl)C(O)C1O[C@H](CO)[C@H](O)[C@H](O)[C@H]1O. The van der Waals surface area contributed by atoms with Crippen molar-refractivity contribution in [3.05, 3.63) is 0 Å². The summed E-state index contributed by atoms with van der Waals surface area (Å²) in [5, 5.41) is 45.2. The van der Waals surface area contributed by atoms with E-state index in [1.807, 2.05) is 0 Å². The first-order chi connectivity index (χ1) is 7.40. The quantitative estimate of drug-likeness (QED) is 0.340. The van der Waals surface area contributed by atoms with E-state index in [4.69, 9.17) is 21.4 Å². The molecule has 1 fully saturated rings. The Labute approximate surface area is 95.8 Å². The molecule has 0 spiro atoms. The van der Waals surface area contributed by atoms with Gasteiger partial charge in [0, 0.05) is 0 Å². The Kier molecular flexibility index (Phi) is 4.62. The van der Waals surface area contributed by atoms with Crippen molar-refractivity contribution in [1.29, 1.82) is 0 Å². The second kappa shape index (κ2) is 5.37. The van der Waals surface area contributed by atoms with Gasteiger partial charge in [-0.15, -0.1) is 0 Å². The largest absolute Gasteiger partial charge is 0.394 e. The fourth-order valence-corrected chi connectivity index (χ4v) is 1.64. The van der Waals surface area contributed by atoms with Crippen LogP contribution in [0.1, 0.15) is 0 Å². The third-order valence-corrected chi connectivity index (χ3v) is 2.70. The van der Waals surface area contributed by atoms with Crippen LogP contribution in [0.25, 0.3) is 0 Å². The van der Waals surface area contributed by atoms with E-state index >= 15 is 0 Å². The summed E-state index contributed by atoms with van der Waals surface area (Å²) in [6.45, 7) is -0.634. The van der Waals surface area contributed by atoms with Gasteiger partial charge in [-0.2, -0.15) is 0 Å². The lowest BCUT2D eigenvalue weighted by Crippen LogP contribution is -2.62. The van der Waals surface area contributed by atoms with Gasteiger partial charge in [-0.1, -0.05) is 0 Å². The van der Waals surface area contributed by atoms with Crippen molar-refractivity contribution in [2.24, 2.45) is 0 Å². The van der Waals surface area contributed by atoms with E-state index in [0.717, 1.165) is 0 Å². The number of hydrogen-bond acceptors (Lipinski definition) is 7. The molecule has 0 aromatic heterocycles. The predicted molar refractivity (Wildman–Crippen MR) is 50.6 cm³/mol. The molecule has 2 unspecified atom stereocenters. The fourth-order valence-electron chi connectivity index (χ4n) is 1.52. The molecule has 16 heavy (non-hydrogen) atoms. The molecule has 1 aliphatic heterocycles. The number of aliphatic hydroxyl groups is 5. The zero-order valence-corrected chi connectivity index (χ0v) is 8.86. The van der Waals surface area contributed by atoms with Gasteiger partial charge in [0.2, 0.25) is 0 Å². The van der Waals surface area contributed by atoms with Crippen molar-refractivity contribution in [1.82, 2.24) is 0 Å². The molecule has 1 aliphatic rings. The summed E-state index contributed by atoms with van der Waals surface area (Å²) in [6.07, 6.45) is -9.34. The highest BCUT2D eigenvalue weighted by Gasteiger charge is 2.47. The molecule has 94 valence electrons. The van der Waals surface area contributed by atoms with Crippen molar-refractivity contribution in [2.75, 3.05) is 6.61 Å². The number of hydrogen-bond donors (Lipinski definition) is 5. The van der Waals surface area contributed by atoms with Gasteiger partial charge >= 0.3 is 0 Å². The Morgan fingerprint density at radius 2 is 1.81 bits per heavy atom. The Balaban J connectivity index is 2.82. The summed E-state index contributed by atoms with van der Waals surface area (Å²) in [7, 11) is 0. The van der Waals surface area contributed by atoms with Crippen LogP contribution in [0.4, 0.5) is 0 Å². The molecule has 0 bridgehead atoms. The lowest BCUT2D eigenvalue weighted by molar-refractivity contribution is -0.245. The molecule has 8 heteroatoms. The molecule has 5 N–H and O–H groups in total. The zero-order valence-electron chi connectivity index (χ0n) is 8.10. The van der Waals surface area contributed by atoms with E-state index in [1.54, 1.807) is 0 Å². The van der Waals surface area contributed by atoms with Crippen LogP contribution in [0, 0.1) is 0 Å². The van der Waals surface area contributed by atoms with E-state index in [2.05, 4.69) is 0 Å². The van der Waals surface area contributed by atoms with E-state index in [9.17, 15) is 25.2 Å². The molecule has 0 saturated carbocycles. The van der Waals surface area contributed by atoms with Gasteiger partial charge in [-0.3, -0.25) is 4.79 Å². The van der Waals surface area contributed by atoms with Crippen LogP contribution in [-0.4, -0.2) is 74.0 Å². The highest BCUT2D eigenvalue weighted by Crippen LogP contribution is 2.23. The number of ether oxygens (including phenoxy) is 1. The van der Waals surface area contributed by atoms with Crippen LogP contribution in [0.3, 0.4) is 0 Å². The summed E-state index contributed by atoms with van der Waals surface area (Å²) in [5.41, 5.74) is 0. The van der Waals surface area contributed by atoms with Gasteiger partial charge < -0.3 is 30.3 Å². The van der Waals surface area contributed by atoms with Crippen LogP contribution in [0.5, 0.6) is 0 Å². The van der Waals surface area contributed by atoms with Crippen LogP contribution in [0.15, 0.2) is 0 Å². The number of halogens is 1. The van der Waals surface area contributed by atoms with Crippen molar-refractivity contribution < 1.29 is 35.1 Å². The zero-order chi connectivity index (χ0) is 12.5. The molecule has 7 nitrogen and oxygen atoms in total. The second-order valence-electron chi connectivity index (χ2n) is 3.54. The fraction of sp³-hybridized carbons (Fsp3) is 0.875. The molecular formula is C8H13ClO7. The first kappa shape index (κ1) is 13.8. The Bertz CT molecular complexity index is 259. The van der Waals surface area contributed by atoms with Crippen LogP contribution in [0.2, 0.25) is 0 Å². The molecule has 6 atom stereocenters. The third kappa shape index (κ3) is 2.51. The summed E-state index contributed by atoms with van der Waals surface area (Å²) in [5.74, 6) is 0. The minimum atomic E-state index is -1.84. The molecule has 1 rings (SSSR count). The predicted octanol–water partition coefficient (Wildman–Crippen LogP) is -3.04. The van der Waals surface area contributed by atoms with Gasteiger partial charge in [0.05, 0.1) is 6.61 Å². The number of carbonyl (C=O) groups excluding carboxylic acids is 1. The normalized spacial score (nSPS) is 41.8. The maximum Gasteiger partial charge on any atom is 0.253 e. The number of rotatable bonds is 3.